The lowest BCUT2D eigenvalue weighted by Crippen LogP contribution is -2.32. The number of carbonyl (C=O) groups excluding carboxylic acids is 1. The van der Waals surface area contributed by atoms with Crippen molar-refractivity contribution in [2.45, 2.75) is 49.4 Å². The Morgan fingerprint density at radius 2 is 2.06 bits per heavy atom. The van der Waals surface area contributed by atoms with E-state index in [9.17, 15) is 9.59 Å². The Morgan fingerprint density at radius 3 is 2.78 bits per heavy atom. The number of carbonyl (C=O) groups is 1. The average Bonchev–Trinajstić information content (AvgIpc) is 2.98. The van der Waals surface area contributed by atoms with Crippen LogP contribution >= 0.6 is 23.1 Å². The molecule has 0 radical (unpaired) electrons. The Kier molecular flexibility index (Phi) is 7.01. The van der Waals surface area contributed by atoms with E-state index in [1.165, 1.54) is 23.1 Å². The molecule has 8 heteroatoms. The number of nitrogens with zero attached hydrogens (tertiary/aromatic N) is 2. The van der Waals surface area contributed by atoms with Crippen LogP contribution in [0.2, 0.25) is 0 Å². The van der Waals surface area contributed by atoms with Crippen molar-refractivity contribution in [1.82, 2.24) is 14.9 Å². The zero-order valence-corrected chi connectivity index (χ0v) is 20.0. The number of ether oxygens (including phenoxy) is 1. The fourth-order valence-electron chi connectivity index (χ4n) is 3.93. The monoisotopic (exact) mass is 469 g/mol. The number of aryl methyl sites for hydroxylation is 2. The Hall–Kier alpha value is -2.58. The number of hydrogen-bond donors (Lipinski definition) is 1. The molecule has 2 heterocycles. The minimum absolute atomic E-state index is 0.0687. The van der Waals surface area contributed by atoms with Gasteiger partial charge >= 0.3 is 0 Å². The summed E-state index contributed by atoms with van der Waals surface area (Å²) in [5.74, 6) is 0.596. The zero-order chi connectivity index (χ0) is 22.7. The van der Waals surface area contributed by atoms with E-state index in [0.717, 1.165) is 41.5 Å². The van der Waals surface area contributed by atoms with E-state index in [0.29, 0.717) is 23.1 Å². The van der Waals surface area contributed by atoms with Crippen LogP contribution < -0.4 is 15.6 Å². The third-order valence-corrected chi connectivity index (χ3v) is 7.85. The molecule has 0 fully saturated rings. The van der Waals surface area contributed by atoms with Crippen LogP contribution in [0.3, 0.4) is 0 Å². The van der Waals surface area contributed by atoms with Crippen LogP contribution in [0.4, 0.5) is 0 Å². The van der Waals surface area contributed by atoms with Crippen LogP contribution in [-0.4, -0.2) is 34.4 Å². The predicted octanol–water partition coefficient (Wildman–Crippen LogP) is 4.51. The zero-order valence-electron chi connectivity index (χ0n) is 18.3. The smallest absolute Gasteiger partial charge is 0.267 e. The summed E-state index contributed by atoms with van der Waals surface area (Å²) < 4.78 is 6.92. The molecule has 1 atom stereocenters. The van der Waals surface area contributed by atoms with Crippen LogP contribution in [0.15, 0.2) is 46.9 Å². The molecule has 32 heavy (non-hydrogen) atoms. The van der Waals surface area contributed by atoms with E-state index < -0.39 is 5.25 Å². The quantitative estimate of drug-likeness (QED) is 0.239. The SMILES string of the molecule is C=CCNC(=O)C(C)Sc1nc2sc3c(c2c(=O)n1-c1ccc(OC)cc1)CCCCC3. The van der Waals surface area contributed by atoms with Crippen molar-refractivity contribution in [3.05, 3.63) is 57.7 Å². The lowest BCUT2D eigenvalue weighted by molar-refractivity contribution is -0.120. The van der Waals surface area contributed by atoms with Gasteiger partial charge in [0.05, 0.1) is 23.4 Å². The van der Waals surface area contributed by atoms with E-state index in [2.05, 4.69) is 11.9 Å². The van der Waals surface area contributed by atoms with Gasteiger partial charge in [0.15, 0.2) is 5.16 Å². The molecule has 4 rings (SSSR count). The van der Waals surface area contributed by atoms with E-state index in [1.54, 1.807) is 29.1 Å². The molecule has 1 aliphatic rings. The summed E-state index contributed by atoms with van der Waals surface area (Å²) in [5.41, 5.74) is 1.80. The first-order valence-electron chi connectivity index (χ1n) is 10.8. The van der Waals surface area contributed by atoms with Crippen LogP contribution in [0, 0.1) is 0 Å². The average molecular weight is 470 g/mol. The van der Waals surface area contributed by atoms with E-state index in [4.69, 9.17) is 9.72 Å². The summed E-state index contributed by atoms with van der Waals surface area (Å²) in [7, 11) is 1.61. The molecule has 1 aromatic carbocycles. The highest BCUT2D eigenvalue weighted by atomic mass is 32.2. The second-order valence-corrected chi connectivity index (χ2v) is 10.2. The Labute approximate surface area is 195 Å². The molecule has 2 aromatic heterocycles. The fourth-order valence-corrected chi connectivity index (χ4v) is 6.18. The van der Waals surface area contributed by atoms with Gasteiger partial charge in [-0.3, -0.25) is 14.2 Å². The van der Waals surface area contributed by atoms with E-state index in [-0.39, 0.29) is 11.5 Å². The van der Waals surface area contributed by atoms with Crippen molar-refractivity contribution < 1.29 is 9.53 Å². The largest absolute Gasteiger partial charge is 0.497 e. The van der Waals surface area contributed by atoms with Gasteiger partial charge < -0.3 is 10.1 Å². The third-order valence-electron chi connectivity index (χ3n) is 5.61. The molecule has 1 unspecified atom stereocenters. The second-order valence-electron chi connectivity index (χ2n) is 7.77. The van der Waals surface area contributed by atoms with Crippen molar-refractivity contribution in [2.24, 2.45) is 0 Å². The summed E-state index contributed by atoms with van der Waals surface area (Å²) in [6.07, 6.45) is 7.00. The minimum Gasteiger partial charge on any atom is -0.497 e. The lowest BCUT2D eigenvalue weighted by atomic mass is 10.1. The van der Waals surface area contributed by atoms with Gasteiger partial charge in [0.2, 0.25) is 5.91 Å². The molecule has 0 saturated heterocycles. The molecule has 1 N–H and O–H groups in total. The topological polar surface area (TPSA) is 73.2 Å². The molecule has 6 nitrogen and oxygen atoms in total. The maximum atomic E-state index is 13.8. The highest BCUT2D eigenvalue weighted by Gasteiger charge is 2.24. The molecular weight excluding hydrogens is 442 g/mol. The number of nitrogens with one attached hydrogen (secondary N) is 1. The summed E-state index contributed by atoms with van der Waals surface area (Å²) >= 11 is 2.92. The van der Waals surface area contributed by atoms with Gasteiger partial charge in [0.1, 0.15) is 10.6 Å². The number of fused-ring (bicyclic) bond motifs is 3. The van der Waals surface area contributed by atoms with E-state index >= 15 is 0 Å². The molecular formula is C24H27N3O3S2. The van der Waals surface area contributed by atoms with Gasteiger partial charge in [-0.1, -0.05) is 24.3 Å². The summed E-state index contributed by atoms with van der Waals surface area (Å²) in [6, 6.07) is 7.36. The number of rotatable bonds is 7. The molecule has 0 spiro atoms. The second kappa shape index (κ2) is 9.92. The molecule has 1 amide bonds. The number of thioether (sulfide) groups is 1. The molecule has 168 valence electrons. The van der Waals surface area contributed by atoms with Crippen molar-refractivity contribution in [1.29, 1.82) is 0 Å². The first-order chi connectivity index (χ1) is 15.5. The van der Waals surface area contributed by atoms with Crippen LogP contribution in [0.1, 0.15) is 36.6 Å². The Balaban J connectivity index is 1.85. The maximum absolute atomic E-state index is 13.8. The number of methoxy groups -OCH3 is 1. The first-order valence-corrected chi connectivity index (χ1v) is 12.5. The number of hydrogen-bond acceptors (Lipinski definition) is 6. The standard InChI is InChI=1S/C24H27N3O3S2/c1-4-14-25-21(28)15(2)31-24-26-22-20(18-8-6-5-7-9-19(18)32-22)23(29)27(24)16-10-12-17(30-3)13-11-16/h4,10-13,15H,1,5-9,14H2,2-3H3,(H,25,28). The number of amides is 1. The number of thiophene rings is 1. The normalized spacial score (nSPS) is 14.4. The first kappa shape index (κ1) is 22.6. The summed E-state index contributed by atoms with van der Waals surface area (Å²) in [5, 5.41) is 3.65. The minimum atomic E-state index is -0.415. The summed E-state index contributed by atoms with van der Waals surface area (Å²) in [4.78, 5) is 33.3. The summed E-state index contributed by atoms with van der Waals surface area (Å²) in [6.45, 7) is 5.86. The molecule has 1 aliphatic carbocycles. The van der Waals surface area contributed by atoms with Gasteiger partial charge in [-0.05, 0) is 62.4 Å². The van der Waals surface area contributed by atoms with E-state index in [1.807, 2.05) is 31.2 Å². The highest BCUT2D eigenvalue weighted by Crippen LogP contribution is 2.35. The number of aromatic nitrogens is 2. The Bertz CT molecular complexity index is 1200. The van der Waals surface area contributed by atoms with Gasteiger partial charge in [-0.2, -0.15) is 0 Å². The van der Waals surface area contributed by atoms with Crippen molar-refractivity contribution in [3.63, 3.8) is 0 Å². The Morgan fingerprint density at radius 1 is 1.31 bits per heavy atom. The van der Waals surface area contributed by atoms with Gasteiger partial charge in [-0.25, -0.2) is 4.98 Å². The molecule has 0 bridgehead atoms. The number of benzene rings is 1. The van der Waals surface area contributed by atoms with Crippen molar-refractivity contribution in [2.75, 3.05) is 13.7 Å². The van der Waals surface area contributed by atoms with Crippen LogP contribution in [0.5, 0.6) is 5.75 Å². The fraction of sp³-hybridized carbons (Fsp3) is 0.375. The molecule has 0 aliphatic heterocycles. The molecule has 3 aromatic rings. The van der Waals surface area contributed by atoms with Gasteiger partial charge in [0.25, 0.3) is 5.56 Å². The lowest BCUT2D eigenvalue weighted by Gasteiger charge is -2.16. The van der Waals surface area contributed by atoms with Crippen molar-refractivity contribution >= 4 is 39.2 Å². The third kappa shape index (κ3) is 4.47. The highest BCUT2D eigenvalue weighted by molar-refractivity contribution is 8.00. The van der Waals surface area contributed by atoms with Crippen molar-refractivity contribution in [3.8, 4) is 11.4 Å². The molecule has 0 saturated carbocycles. The maximum Gasteiger partial charge on any atom is 0.267 e. The van der Waals surface area contributed by atoms with Gasteiger partial charge in [0, 0.05) is 11.4 Å². The van der Waals surface area contributed by atoms with Crippen LogP contribution in [-0.2, 0) is 17.6 Å². The van der Waals surface area contributed by atoms with Gasteiger partial charge in [-0.15, -0.1) is 17.9 Å². The van der Waals surface area contributed by atoms with Crippen LogP contribution in [0.25, 0.3) is 15.9 Å². The predicted molar refractivity (Wildman–Crippen MR) is 132 cm³/mol.